The lowest BCUT2D eigenvalue weighted by Crippen LogP contribution is -2.40. The minimum Gasteiger partial charge on any atom is -0.392 e. The van der Waals surface area contributed by atoms with Gasteiger partial charge in [-0.1, -0.05) is 24.3 Å². The van der Waals surface area contributed by atoms with Gasteiger partial charge < -0.3 is 15.3 Å². The lowest BCUT2D eigenvalue weighted by Gasteiger charge is -2.19. The Morgan fingerprint density at radius 3 is 2.68 bits per heavy atom. The van der Waals surface area contributed by atoms with Crippen LogP contribution in [0.2, 0.25) is 0 Å². The summed E-state index contributed by atoms with van der Waals surface area (Å²) in [7, 11) is 1.66. The Hall–Kier alpha value is -2.86. The minimum absolute atomic E-state index is 0.203. The number of aliphatic hydroxyl groups is 1. The molecule has 1 atom stereocenters. The van der Waals surface area contributed by atoms with Gasteiger partial charge in [-0.2, -0.15) is 0 Å². The number of benzene rings is 2. The van der Waals surface area contributed by atoms with Gasteiger partial charge in [0.15, 0.2) is 0 Å². The predicted molar refractivity (Wildman–Crippen MR) is 97.6 cm³/mol. The fourth-order valence-electron chi connectivity index (χ4n) is 2.73. The third-order valence-electron chi connectivity index (χ3n) is 4.00. The Labute approximate surface area is 146 Å². The van der Waals surface area contributed by atoms with Crippen LogP contribution in [-0.4, -0.2) is 45.3 Å². The summed E-state index contributed by atoms with van der Waals surface area (Å²) in [5.74, 6) is 0. The van der Waals surface area contributed by atoms with Crippen LogP contribution in [0, 0.1) is 0 Å². The molecule has 0 saturated carbocycles. The number of carbonyl (C=O) groups is 1. The van der Waals surface area contributed by atoms with Gasteiger partial charge >= 0.3 is 6.03 Å². The molecule has 6 nitrogen and oxygen atoms in total. The Morgan fingerprint density at radius 1 is 1.24 bits per heavy atom. The molecule has 6 heteroatoms. The van der Waals surface area contributed by atoms with Crippen molar-refractivity contribution in [3.63, 3.8) is 0 Å². The molecule has 0 bridgehead atoms. The van der Waals surface area contributed by atoms with Gasteiger partial charge in [0.25, 0.3) is 0 Å². The zero-order chi connectivity index (χ0) is 17.8. The van der Waals surface area contributed by atoms with Gasteiger partial charge in [-0.05, 0) is 36.8 Å². The van der Waals surface area contributed by atoms with E-state index in [4.69, 9.17) is 0 Å². The molecule has 0 spiro atoms. The Bertz CT molecular complexity index is 855. The summed E-state index contributed by atoms with van der Waals surface area (Å²) in [5.41, 5.74) is 4.05. The van der Waals surface area contributed by atoms with Crippen molar-refractivity contribution in [3.05, 3.63) is 60.4 Å². The van der Waals surface area contributed by atoms with Crippen LogP contribution < -0.4 is 5.32 Å². The van der Waals surface area contributed by atoms with E-state index in [1.54, 1.807) is 14.0 Å². The van der Waals surface area contributed by atoms with E-state index in [9.17, 15) is 9.90 Å². The lowest BCUT2D eigenvalue weighted by molar-refractivity contribution is 0.143. The monoisotopic (exact) mass is 338 g/mol. The Morgan fingerprint density at radius 2 is 1.96 bits per heavy atom. The summed E-state index contributed by atoms with van der Waals surface area (Å²) >= 11 is 0. The molecule has 130 valence electrons. The number of amides is 2. The molecule has 1 unspecified atom stereocenters. The second-order valence-corrected chi connectivity index (χ2v) is 6.16. The number of para-hydroxylation sites is 2. The molecule has 3 rings (SSSR count). The standard InChI is InChI=1S/C19H22N4O2/c1-14(24)12-22(2)19(25)20-11-15-7-9-16(10-8-15)23-13-21-17-5-3-4-6-18(17)23/h3-10,13-14,24H,11-12H2,1-2H3,(H,20,25). The lowest BCUT2D eigenvalue weighted by atomic mass is 10.2. The Balaban J connectivity index is 1.66. The zero-order valence-electron chi connectivity index (χ0n) is 14.4. The van der Waals surface area contributed by atoms with Crippen molar-refractivity contribution in [2.75, 3.05) is 13.6 Å². The Kier molecular flexibility index (Phi) is 5.00. The maximum absolute atomic E-state index is 11.9. The van der Waals surface area contributed by atoms with E-state index >= 15 is 0 Å². The van der Waals surface area contributed by atoms with Gasteiger partial charge in [-0.25, -0.2) is 9.78 Å². The third kappa shape index (κ3) is 3.97. The van der Waals surface area contributed by atoms with Crippen molar-refractivity contribution < 1.29 is 9.90 Å². The molecular formula is C19H22N4O2. The minimum atomic E-state index is -0.542. The van der Waals surface area contributed by atoms with Crippen LogP contribution in [0.4, 0.5) is 4.79 Å². The van der Waals surface area contributed by atoms with Crippen molar-refractivity contribution in [3.8, 4) is 5.69 Å². The van der Waals surface area contributed by atoms with Crippen LogP contribution in [0.15, 0.2) is 54.9 Å². The number of carbonyl (C=O) groups excluding carboxylic acids is 1. The summed E-state index contributed by atoms with van der Waals surface area (Å²) in [6.07, 6.45) is 1.27. The number of hydrogen-bond donors (Lipinski definition) is 2. The highest BCUT2D eigenvalue weighted by molar-refractivity contribution is 5.77. The van der Waals surface area contributed by atoms with Crippen LogP contribution in [0.1, 0.15) is 12.5 Å². The topological polar surface area (TPSA) is 70.4 Å². The predicted octanol–water partition coefficient (Wildman–Crippen LogP) is 2.55. The number of nitrogens with one attached hydrogen (secondary N) is 1. The van der Waals surface area contributed by atoms with Gasteiger partial charge in [0.05, 0.1) is 17.1 Å². The fourth-order valence-corrected chi connectivity index (χ4v) is 2.73. The largest absolute Gasteiger partial charge is 0.392 e. The summed E-state index contributed by atoms with van der Waals surface area (Å²) in [6.45, 7) is 2.40. The number of fused-ring (bicyclic) bond motifs is 1. The van der Waals surface area contributed by atoms with E-state index in [1.807, 2.05) is 59.4 Å². The van der Waals surface area contributed by atoms with E-state index in [0.29, 0.717) is 13.1 Å². The summed E-state index contributed by atoms with van der Waals surface area (Å²) in [5, 5.41) is 12.2. The molecule has 0 aliphatic heterocycles. The van der Waals surface area contributed by atoms with Gasteiger partial charge in [0, 0.05) is 25.8 Å². The summed E-state index contributed by atoms with van der Waals surface area (Å²) in [4.78, 5) is 17.8. The van der Waals surface area contributed by atoms with E-state index in [-0.39, 0.29) is 6.03 Å². The number of imidazole rings is 1. The first-order chi connectivity index (χ1) is 12.0. The molecule has 1 heterocycles. The first-order valence-corrected chi connectivity index (χ1v) is 8.23. The van der Waals surface area contributed by atoms with Crippen molar-refractivity contribution in [1.82, 2.24) is 19.8 Å². The molecule has 0 aliphatic rings. The highest BCUT2D eigenvalue weighted by atomic mass is 16.3. The number of urea groups is 1. The van der Waals surface area contributed by atoms with E-state index in [2.05, 4.69) is 10.3 Å². The molecule has 25 heavy (non-hydrogen) atoms. The molecule has 2 aromatic carbocycles. The van der Waals surface area contributed by atoms with Crippen LogP contribution in [0.5, 0.6) is 0 Å². The number of likely N-dealkylation sites (N-methyl/N-ethyl adjacent to an activating group) is 1. The maximum atomic E-state index is 11.9. The van der Waals surface area contributed by atoms with Gasteiger partial charge in [0.1, 0.15) is 6.33 Å². The van der Waals surface area contributed by atoms with Crippen LogP contribution in [0.3, 0.4) is 0 Å². The van der Waals surface area contributed by atoms with Gasteiger partial charge in [-0.3, -0.25) is 4.57 Å². The first kappa shape index (κ1) is 17.0. The van der Waals surface area contributed by atoms with Crippen molar-refractivity contribution in [1.29, 1.82) is 0 Å². The quantitative estimate of drug-likeness (QED) is 0.751. The smallest absolute Gasteiger partial charge is 0.317 e. The maximum Gasteiger partial charge on any atom is 0.317 e. The van der Waals surface area contributed by atoms with Crippen molar-refractivity contribution >= 4 is 17.1 Å². The number of rotatable bonds is 5. The molecule has 2 amide bonds. The van der Waals surface area contributed by atoms with E-state index in [1.165, 1.54) is 4.90 Å². The highest BCUT2D eigenvalue weighted by Crippen LogP contribution is 2.18. The number of aromatic nitrogens is 2. The third-order valence-corrected chi connectivity index (χ3v) is 4.00. The van der Waals surface area contributed by atoms with Gasteiger partial charge in [-0.15, -0.1) is 0 Å². The van der Waals surface area contributed by atoms with Crippen LogP contribution >= 0.6 is 0 Å². The van der Waals surface area contributed by atoms with Crippen LogP contribution in [-0.2, 0) is 6.54 Å². The summed E-state index contributed by atoms with van der Waals surface area (Å²) < 4.78 is 2.04. The number of aliphatic hydroxyl groups excluding tert-OH is 1. The van der Waals surface area contributed by atoms with Gasteiger partial charge in [0.2, 0.25) is 0 Å². The second kappa shape index (κ2) is 7.36. The molecule has 0 radical (unpaired) electrons. The normalized spacial score (nSPS) is 12.1. The molecule has 0 saturated heterocycles. The highest BCUT2D eigenvalue weighted by Gasteiger charge is 2.10. The van der Waals surface area contributed by atoms with Crippen molar-refractivity contribution in [2.24, 2.45) is 0 Å². The second-order valence-electron chi connectivity index (χ2n) is 6.16. The molecular weight excluding hydrogens is 316 g/mol. The zero-order valence-corrected chi connectivity index (χ0v) is 14.4. The summed E-state index contributed by atoms with van der Waals surface area (Å²) in [6, 6.07) is 15.8. The first-order valence-electron chi connectivity index (χ1n) is 8.23. The van der Waals surface area contributed by atoms with E-state index in [0.717, 1.165) is 22.3 Å². The average molecular weight is 338 g/mol. The molecule has 2 N–H and O–H groups in total. The number of hydrogen-bond acceptors (Lipinski definition) is 3. The molecule has 0 aliphatic carbocycles. The van der Waals surface area contributed by atoms with Crippen LogP contribution in [0.25, 0.3) is 16.7 Å². The number of nitrogens with zero attached hydrogens (tertiary/aromatic N) is 3. The van der Waals surface area contributed by atoms with Crippen molar-refractivity contribution in [2.45, 2.75) is 19.6 Å². The molecule has 3 aromatic rings. The molecule has 0 fully saturated rings. The van der Waals surface area contributed by atoms with E-state index < -0.39 is 6.10 Å². The SMILES string of the molecule is CC(O)CN(C)C(=O)NCc1ccc(-n2cnc3ccccc32)cc1. The fraction of sp³-hybridized carbons (Fsp3) is 0.263. The molecule has 1 aromatic heterocycles. The average Bonchev–Trinajstić information content (AvgIpc) is 3.03.